The maximum atomic E-state index is 13.0. The summed E-state index contributed by atoms with van der Waals surface area (Å²) in [5, 5.41) is 8.67. The molecule has 1 aromatic rings. The minimum absolute atomic E-state index is 0.0785. The molecule has 3 nitrogen and oxygen atoms in total. The van der Waals surface area contributed by atoms with Gasteiger partial charge in [-0.15, -0.1) is 0 Å². The van der Waals surface area contributed by atoms with Gasteiger partial charge < -0.3 is 4.90 Å². The van der Waals surface area contributed by atoms with E-state index in [1.165, 1.54) is 17.0 Å². The molecule has 0 fully saturated rings. The van der Waals surface area contributed by atoms with Crippen molar-refractivity contribution in [2.75, 3.05) is 13.1 Å². The van der Waals surface area contributed by atoms with Gasteiger partial charge in [0.15, 0.2) is 0 Å². The van der Waals surface area contributed by atoms with Gasteiger partial charge in [-0.25, -0.2) is 4.39 Å². The quantitative estimate of drug-likeness (QED) is 0.842. The number of nitriles is 1. The third-order valence-electron chi connectivity index (χ3n) is 2.55. The van der Waals surface area contributed by atoms with E-state index in [-0.39, 0.29) is 16.8 Å². The topological polar surface area (TPSA) is 44.1 Å². The Labute approximate surface area is 111 Å². The van der Waals surface area contributed by atoms with Crippen LogP contribution in [-0.2, 0) is 0 Å². The monoisotopic (exact) mass is 268 g/mol. The summed E-state index contributed by atoms with van der Waals surface area (Å²) in [5.74, 6) is -1.05. The van der Waals surface area contributed by atoms with Gasteiger partial charge in [-0.2, -0.15) is 5.26 Å². The molecule has 0 bridgehead atoms. The van der Waals surface area contributed by atoms with E-state index in [0.29, 0.717) is 18.7 Å². The Morgan fingerprint density at radius 2 is 2.28 bits per heavy atom. The molecule has 0 spiro atoms. The summed E-state index contributed by atoms with van der Waals surface area (Å²) in [7, 11) is 0. The summed E-state index contributed by atoms with van der Waals surface area (Å²) in [6, 6.07) is 5.94. The van der Waals surface area contributed by atoms with E-state index in [2.05, 4.69) is 6.07 Å². The van der Waals surface area contributed by atoms with Crippen LogP contribution in [0.3, 0.4) is 0 Å². The van der Waals surface area contributed by atoms with Crippen molar-refractivity contribution < 1.29 is 9.18 Å². The summed E-state index contributed by atoms with van der Waals surface area (Å²) in [6.07, 6.45) is 0. The second kappa shape index (κ2) is 6.36. The molecule has 5 heteroatoms. The molecule has 1 atom stereocenters. The van der Waals surface area contributed by atoms with Crippen LogP contribution in [0, 0.1) is 23.1 Å². The zero-order chi connectivity index (χ0) is 13.7. The zero-order valence-electron chi connectivity index (χ0n) is 10.3. The molecule has 18 heavy (non-hydrogen) atoms. The fraction of sp³-hybridized carbons (Fsp3) is 0.385. The molecule has 0 saturated carbocycles. The predicted octanol–water partition coefficient (Wildman–Crippen LogP) is 3.10. The third kappa shape index (κ3) is 3.44. The Morgan fingerprint density at radius 1 is 1.61 bits per heavy atom. The predicted molar refractivity (Wildman–Crippen MR) is 67.8 cm³/mol. The number of nitrogens with zero attached hydrogens (tertiary/aromatic N) is 2. The highest BCUT2D eigenvalue weighted by molar-refractivity contribution is 6.31. The maximum Gasteiger partial charge on any atom is 0.253 e. The number of carbonyl (C=O) groups excluding carboxylic acids is 1. The van der Waals surface area contributed by atoms with Gasteiger partial charge >= 0.3 is 0 Å². The summed E-state index contributed by atoms with van der Waals surface area (Å²) in [6.45, 7) is 4.40. The summed E-state index contributed by atoms with van der Waals surface area (Å²) in [5.41, 5.74) is 0.327. The molecule has 96 valence electrons. The number of rotatable bonds is 4. The van der Waals surface area contributed by atoms with E-state index < -0.39 is 5.82 Å². The van der Waals surface area contributed by atoms with E-state index in [4.69, 9.17) is 16.9 Å². The molecule has 0 aliphatic carbocycles. The largest absolute Gasteiger partial charge is 0.338 e. The van der Waals surface area contributed by atoms with Gasteiger partial charge in [0.1, 0.15) is 5.82 Å². The van der Waals surface area contributed by atoms with Crippen molar-refractivity contribution in [2.24, 2.45) is 5.92 Å². The molecule has 0 heterocycles. The standard InChI is InChI=1S/C13H14ClFN2O/c1-3-17(8-9(2)7-16)13(18)10-4-5-12(15)11(14)6-10/h4-6,9H,3,8H2,1-2H3. The first-order valence-corrected chi connectivity index (χ1v) is 6.01. The van der Waals surface area contributed by atoms with Crippen molar-refractivity contribution in [3.8, 4) is 6.07 Å². The minimum atomic E-state index is -0.554. The molecular weight excluding hydrogens is 255 g/mol. The Kier molecular flexibility index (Phi) is 5.11. The van der Waals surface area contributed by atoms with Crippen LogP contribution in [0.1, 0.15) is 24.2 Å². The van der Waals surface area contributed by atoms with Crippen molar-refractivity contribution in [2.45, 2.75) is 13.8 Å². The first kappa shape index (κ1) is 14.5. The second-order valence-electron chi connectivity index (χ2n) is 4.00. The molecule has 1 amide bonds. The van der Waals surface area contributed by atoms with Gasteiger partial charge in [0.2, 0.25) is 0 Å². The summed E-state index contributed by atoms with van der Waals surface area (Å²) in [4.78, 5) is 13.7. The van der Waals surface area contributed by atoms with Crippen LogP contribution in [-0.4, -0.2) is 23.9 Å². The first-order valence-electron chi connectivity index (χ1n) is 5.63. The van der Waals surface area contributed by atoms with Crippen LogP contribution in [0.2, 0.25) is 5.02 Å². The Bertz CT molecular complexity index is 484. The Hall–Kier alpha value is -1.60. The van der Waals surface area contributed by atoms with Gasteiger partial charge in [0.05, 0.1) is 17.0 Å². The van der Waals surface area contributed by atoms with E-state index in [1.54, 1.807) is 6.92 Å². The maximum absolute atomic E-state index is 13.0. The van der Waals surface area contributed by atoms with Gasteiger partial charge in [-0.05, 0) is 32.0 Å². The molecule has 1 unspecified atom stereocenters. The molecule has 0 saturated heterocycles. The van der Waals surface area contributed by atoms with Crippen molar-refractivity contribution in [1.82, 2.24) is 4.90 Å². The SMILES string of the molecule is CCN(CC(C)C#N)C(=O)c1ccc(F)c(Cl)c1. The molecule has 0 aliphatic heterocycles. The molecule has 0 aromatic heterocycles. The molecular formula is C13H14ClFN2O. The minimum Gasteiger partial charge on any atom is -0.338 e. The summed E-state index contributed by atoms with van der Waals surface area (Å²) < 4.78 is 13.0. The number of hydrogen-bond donors (Lipinski definition) is 0. The molecule has 0 N–H and O–H groups in total. The molecule has 0 aliphatic rings. The lowest BCUT2D eigenvalue weighted by molar-refractivity contribution is 0.0752. The van der Waals surface area contributed by atoms with Crippen LogP contribution in [0.5, 0.6) is 0 Å². The van der Waals surface area contributed by atoms with E-state index in [9.17, 15) is 9.18 Å². The lowest BCUT2D eigenvalue weighted by Crippen LogP contribution is -2.34. The number of amides is 1. The highest BCUT2D eigenvalue weighted by Gasteiger charge is 2.17. The lowest BCUT2D eigenvalue weighted by Gasteiger charge is -2.22. The van der Waals surface area contributed by atoms with Crippen molar-refractivity contribution in [3.05, 3.63) is 34.6 Å². The smallest absolute Gasteiger partial charge is 0.253 e. The van der Waals surface area contributed by atoms with E-state index in [0.717, 1.165) is 6.07 Å². The molecule has 0 radical (unpaired) electrons. The fourth-order valence-corrected chi connectivity index (χ4v) is 1.72. The lowest BCUT2D eigenvalue weighted by atomic mass is 10.1. The van der Waals surface area contributed by atoms with Gasteiger partial charge in [0.25, 0.3) is 5.91 Å². The third-order valence-corrected chi connectivity index (χ3v) is 2.84. The van der Waals surface area contributed by atoms with Crippen LogP contribution in [0.4, 0.5) is 4.39 Å². The second-order valence-corrected chi connectivity index (χ2v) is 4.41. The first-order chi connectivity index (χ1) is 8.49. The van der Waals surface area contributed by atoms with Gasteiger partial charge in [-0.3, -0.25) is 4.79 Å². The molecule has 1 rings (SSSR count). The highest BCUT2D eigenvalue weighted by Crippen LogP contribution is 2.17. The van der Waals surface area contributed by atoms with Gasteiger partial charge in [0, 0.05) is 18.7 Å². The Morgan fingerprint density at radius 3 is 2.78 bits per heavy atom. The van der Waals surface area contributed by atoms with Crippen molar-refractivity contribution in [3.63, 3.8) is 0 Å². The van der Waals surface area contributed by atoms with Crippen molar-refractivity contribution in [1.29, 1.82) is 5.26 Å². The zero-order valence-corrected chi connectivity index (χ0v) is 11.0. The highest BCUT2D eigenvalue weighted by atomic mass is 35.5. The average molecular weight is 269 g/mol. The molecule has 1 aromatic carbocycles. The normalized spacial score (nSPS) is 11.7. The summed E-state index contributed by atoms with van der Waals surface area (Å²) >= 11 is 5.64. The van der Waals surface area contributed by atoms with Gasteiger partial charge in [-0.1, -0.05) is 11.6 Å². The fourth-order valence-electron chi connectivity index (χ4n) is 1.54. The number of benzene rings is 1. The number of halogens is 2. The van der Waals surface area contributed by atoms with Crippen molar-refractivity contribution >= 4 is 17.5 Å². The van der Waals surface area contributed by atoms with Crippen LogP contribution < -0.4 is 0 Å². The number of hydrogen-bond acceptors (Lipinski definition) is 2. The Balaban J connectivity index is 2.90. The number of carbonyl (C=O) groups is 1. The average Bonchev–Trinajstić information content (AvgIpc) is 2.38. The van der Waals surface area contributed by atoms with E-state index in [1.807, 2.05) is 6.92 Å². The van der Waals surface area contributed by atoms with Crippen LogP contribution in [0.15, 0.2) is 18.2 Å². The van der Waals surface area contributed by atoms with Crippen LogP contribution in [0.25, 0.3) is 0 Å². The van der Waals surface area contributed by atoms with Crippen LogP contribution >= 0.6 is 11.6 Å². The van der Waals surface area contributed by atoms with E-state index >= 15 is 0 Å².